The van der Waals surface area contributed by atoms with Crippen molar-refractivity contribution in [3.8, 4) is 0 Å². The molecule has 0 spiro atoms. The smallest absolute Gasteiger partial charge is 0.214 e. The Morgan fingerprint density at radius 2 is 2.00 bits per heavy atom. The molecule has 0 aromatic heterocycles. The molecule has 1 saturated heterocycles. The van der Waals surface area contributed by atoms with E-state index >= 15 is 0 Å². The number of nitrogens with zero attached hydrogens (tertiary/aromatic N) is 1. The van der Waals surface area contributed by atoms with Crippen molar-refractivity contribution in [3.05, 3.63) is 0 Å². The summed E-state index contributed by atoms with van der Waals surface area (Å²) in [6.07, 6.45) is 0.730. The van der Waals surface area contributed by atoms with Crippen molar-refractivity contribution in [1.29, 1.82) is 0 Å². The third-order valence-corrected chi connectivity index (χ3v) is 4.06. The van der Waals surface area contributed by atoms with Crippen LogP contribution in [0.2, 0.25) is 0 Å². The molecule has 5 heteroatoms. The Labute approximate surface area is 80.1 Å². The van der Waals surface area contributed by atoms with Gasteiger partial charge in [-0.2, -0.15) is 4.31 Å². The predicted molar refractivity (Wildman–Crippen MR) is 52.8 cm³/mol. The average Bonchev–Trinajstić information content (AvgIpc) is 1.95. The third kappa shape index (κ3) is 2.93. The molecule has 0 unspecified atom stereocenters. The minimum atomic E-state index is -3.00. The Hall–Kier alpha value is -0.130. The fourth-order valence-corrected chi connectivity index (χ4v) is 3.08. The van der Waals surface area contributed by atoms with Crippen LogP contribution in [0.3, 0.4) is 0 Å². The van der Waals surface area contributed by atoms with E-state index in [4.69, 9.17) is 5.73 Å². The molecule has 0 atom stereocenters. The van der Waals surface area contributed by atoms with Crippen LogP contribution in [0.1, 0.15) is 20.3 Å². The van der Waals surface area contributed by atoms with Crippen molar-refractivity contribution in [1.82, 2.24) is 4.31 Å². The minimum absolute atomic E-state index is 0.0498. The Kier molecular flexibility index (Phi) is 3.32. The van der Waals surface area contributed by atoms with Gasteiger partial charge in [-0.3, -0.25) is 0 Å². The predicted octanol–water partition coefficient (Wildman–Crippen LogP) is 0.00520. The van der Waals surface area contributed by atoms with Gasteiger partial charge in [0.1, 0.15) is 0 Å². The molecule has 0 aliphatic carbocycles. The fourth-order valence-electron chi connectivity index (χ4n) is 1.21. The van der Waals surface area contributed by atoms with Crippen LogP contribution in [0, 0.1) is 5.92 Å². The number of sulfonamides is 1. The van der Waals surface area contributed by atoms with E-state index in [-0.39, 0.29) is 11.8 Å². The largest absolute Gasteiger partial charge is 0.325 e. The monoisotopic (exact) mass is 206 g/mol. The van der Waals surface area contributed by atoms with Gasteiger partial charge < -0.3 is 5.73 Å². The lowest BCUT2D eigenvalue weighted by Crippen LogP contribution is -2.58. The second kappa shape index (κ2) is 3.94. The van der Waals surface area contributed by atoms with E-state index in [9.17, 15) is 8.42 Å². The summed E-state index contributed by atoms with van der Waals surface area (Å²) in [4.78, 5) is 0. The van der Waals surface area contributed by atoms with Crippen molar-refractivity contribution in [2.24, 2.45) is 11.7 Å². The van der Waals surface area contributed by atoms with Gasteiger partial charge in [-0.1, -0.05) is 13.8 Å². The Morgan fingerprint density at radius 3 is 2.38 bits per heavy atom. The summed E-state index contributed by atoms with van der Waals surface area (Å²) in [6.45, 7) is 5.05. The molecule has 1 aliphatic heterocycles. The second-order valence-electron chi connectivity index (χ2n) is 4.08. The van der Waals surface area contributed by atoms with Crippen molar-refractivity contribution >= 4 is 10.0 Å². The van der Waals surface area contributed by atoms with E-state index in [0.717, 1.165) is 6.42 Å². The Balaban J connectivity index is 2.39. The van der Waals surface area contributed by atoms with Crippen LogP contribution < -0.4 is 5.73 Å². The first-order valence-corrected chi connectivity index (χ1v) is 6.26. The summed E-state index contributed by atoms with van der Waals surface area (Å²) in [6, 6.07) is 0.0498. The zero-order chi connectivity index (χ0) is 10.1. The molecule has 4 nitrogen and oxygen atoms in total. The van der Waals surface area contributed by atoms with Gasteiger partial charge in [-0.05, 0) is 12.3 Å². The van der Waals surface area contributed by atoms with Crippen LogP contribution in [0.15, 0.2) is 0 Å². The Morgan fingerprint density at radius 1 is 1.46 bits per heavy atom. The van der Waals surface area contributed by atoms with E-state index in [0.29, 0.717) is 19.0 Å². The lowest BCUT2D eigenvalue weighted by molar-refractivity contribution is 0.265. The van der Waals surface area contributed by atoms with Crippen molar-refractivity contribution < 1.29 is 8.42 Å². The van der Waals surface area contributed by atoms with E-state index in [1.165, 1.54) is 4.31 Å². The fraction of sp³-hybridized carbons (Fsp3) is 1.00. The van der Waals surface area contributed by atoms with Gasteiger partial charge in [0, 0.05) is 19.1 Å². The number of nitrogens with two attached hydrogens (primary N) is 1. The van der Waals surface area contributed by atoms with Gasteiger partial charge in [0.25, 0.3) is 0 Å². The molecule has 1 rings (SSSR count). The molecule has 0 bridgehead atoms. The van der Waals surface area contributed by atoms with Gasteiger partial charge in [-0.15, -0.1) is 0 Å². The summed E-state index contributed by atoms with van der Waals surface area (Å²) < 4.78 is 24.5. The van der Waals surface area contributed by atoms with Crippen LogP contribution in [0.4, 0.5) is 0 Å². The SMILES string of the molecule is CC(C)CCS(=O)(=O)N1CC(N)C1. The third-order valence-electron chi connectivity index (χ3n) is 2.22. The molecule has 0 saturated carbocycles. The molecule has 13 heavy (non-hydrogen) atoms. The zero-order valence-corrected chi connectivity index (χ0v) is 9.05. The highest BCUT2D eigenvalue weighted by molar-refractivity contribution is 7.89. The molecule has 1 heterocycles. The minimum Gasteiger partial charge on any atom is -0.325 e. The quantitative estimate of drug-likeness (QED) is 0.704. The van der Waals surface area contributed by atoms with E-state index in [2.05, 4.69) is 0 Å². The highest BCUT2D eigenvalue weighted by Gasteiger charge is 2.32. The molecular formula is C8H18N2O2S. The summed E-state index contributed by atoms with van der Waals surface area (Å²) in [5.41, 5.74) is 5.52. The van der Waals surface area contributed by atoms with Crippen LogP contribution in [-0.2, 0) is 10.0 Å². The van der Waals surface area contributed by atoms with E-state index in [1.807, 2.05) is 13.8 Å². The number of hydrogen-bond acceptors (Lipinski definition) is 3. The van der Waals surface area contributed by atoms with Crippen LogP contribution in [0.5, 0.6) is 0 Å². The van der Waals surface area contributed by atoms with Crippen LogP contribution in [0.25, 0.3) is 0 Å². The summed E-state index contributed by atoms with van der Waals surface area (Å²) in [7, 11) is -3.00. The lowest BCUT2D eigenvalue weighted by Gasteiger charge is -2.35. The highest BCUT2D eigenvalue weighted by atomic mass is 32.2. The standard InChI is InChI=1S/C8H18N2O2S/c1-7(2)3-4-13(11,12)10-5-8(9)6-10/h7-8H,3-6,9H2,1-2H3. The van der Waals surface area contributed by atoms with Crippen molar-refractivity contribution in [3.63, 3.8) is 0 Å². The van der Waals surface area contributed by atoms with Gasteiger partial charge >= 0.3 is 0 Å². The maximum Gasteiger partial charge on any atom is 0.214 e. The van der Waals surface area contributed by atoms with Crippen LogP contribution >= 0.6 is 0 Å². The summed E-state index contributed by atoms with van der Waals surface area (Å²) in [5.74, 6) is 0.696. The molecule has 0 amide bonds. The Bertz CT molecular complexity index is 255. The van der Waals surface area contributed by atoms with E-state index in [1.54, 1.807) is 0 Å². The first-order chi connectivity index (χ1) is 5.92. The molecule has 0 radical (unpaired) electrons. The van der Waals surface area contributed by atoms with Gasteiger partial charge in [-0.25, -0.2) is 8.42 Å². The first kappa shape index (κ1) is 10.9. The normalized spacial score (nSPS) is 20.6. The summed E-state index contributed by atoms with van der Waals surface area (Å²) >= 11 is 0. The van der Waals surface area contributed by atoms with Crippen molar-refractivity contribution in [2.45, 2.75) is 26.3 Å². The number of rotatable bonds is 4. The van der Waals surface area contributed by atoms with E-state index < -0.39 is 10.0 Å². The summed E-state index contributed by atoms with van der Waals surface area (Å²) in [5, 5.41) is 0. The van der Waals surface area contributed by atoms with Crippen LogP contribution in [-0.4, -0.2) is 37.6 Å². The zero-order valence-electron chi connectivity index (χ0n) is 8.23. The molecule has 1 fully saturated rings. The molecule has 1 aliphatic rings. The van der Waals surface area contributed by atoms with Gasteiger partial charge in [0.2, 0.25) is 10.0 Å². The maximum absolute atomic E-state index is 11.5. The molecule has 78 valence electrons. The first-order valence-electron chi connectivity index (χ1n) is 4.65. The average molecular weight is 206 g/mol. The van der Waals surface area contributed by atoms with Crippen molar-refractivity contribution in [2.75, 3.05) is 18.8 Å². The number of hydrogen-bond donors (Lipinski definition) is 1. The molecular weight excluding hydrogens is 188 g/mol. The molecule has 2 N–H and O–H groups in total. The van der Waals surface area contributed by atoms with Gasteiger partial charge in [0.15, 0.2) is 0 Å². The lowest BCUT2D eigenvalue weighted by atomic mass is 10.2. The maximum atomic E-state index is 11.5. The second-order valence-corrected chi connectivity index (χ2v) is 6.16. The van der Waals surface area contributed by atoms with Gasteiger partial charge in [0.05, 0.1) is 5.75 Å². The molecule has 0 aromatic rings. The molecule has 0 aromatic carbocycles. The highest BCUT2D eigenvalue weighted by Crippen LogP contribution is 2.14. The topological polar surface area (TPSA) is 63.4 Å².